The van der Waals surface area contributed by atoms with E-state index in [4.69, 9.17) is 9.47 Å². The molecule has 2 aromatic carbocycles. The lowest BCUT2D eigenvalue weighted by Crippen LogP contribution is -2.50. The van der Waals surface area contributed by atoms with Crippen molar-refractivity contribution >= 4 is 33.4 Å². The lowest BCUT2D eigenvalue weighted by atomic mass is 10.1. The number of nitro groups is 1. The van der Waals surface area contributed by atoms with Crippen molar-refractivity contribution in [2.75, 3.05) is 13.7 Å². The van der Waals surface area contributed by atoms with Crippen molar-refractivity contribution in [3.63, 3.8) is 0 Å². The first-order valence-corrected chi connectivity index (χ1v) is 11.2. The van der Waals surface area contributed by atoms with Gasteiger partial charge in [0, 0.05) is 29.2 Å². The Morgan fingerprint density at radius 3 is 2.42 bits per heavy atom. The number of carbonyl (C=O) groups excluding carboxylic acids is 2. The van der Waals surface area contributed by atoms with E-state index in [1.165, 1.54) is 30.2 Å². The zero-order chi connectivity index (χ0) is 24.5. The minimum atomic E-state index is -0.731. The summed E-state index contributed by atoms with van der Waals surface area (Å²) in [6.07, 6.45) is 0.768. The fraction of sp³-hybridized carbons (Fsp3) is 0.391. The predicted octanol–water partition coefficient (Wildman–Crippen LogP) is 4.08. The van der Waals surface area contributed by atoms with E-state index in [9.17, 15) is 19.7 Å². The van der Waals surface area contributed by atoms with Gasteiger partial charge >= 0.3 is 5.69 Å². The van der Waals surface area contributed by atoms with Gasteiger partial charge in [0.15, 0.2) is 6.61 Å². The first kappa shape index (κ1) is 26.1. The summed E-state index contributed by atoms with van der Waals surface area (Å²) in [4.78, 5) is 37.8. The van der Waals surface area contributed by atoms with Crippen LogP contribution in [-0.4, -0.2) is 47.4 Å². The van der Waals surface area contributed by atoms with Gasteiger partial charge in [-0.1, -0.05) is 35.0 Å². The highest BCUT2D eigenvalue weighted by molar-refractivity contribution is 9.10. The summed E-state index contributed by atoms with van der Waals surface area (Å²) >= 11 is 3.39. The molecule has 0 bridgehead atoms. The number of nitro benzene ring substituents is 1. The summed E-state index contributed by atoms with van der Waals surface area (Å²) in [7, 11) is 1.31. The normalized spacial score (nSPS) is 12.4. The number of halogens is 1. The van der Waals surface area contributed by atoms with E-state index < -0.39 is 16.9 Å². The van der Waals surface area contributed by atoms with Crippen LogP contribution in [0.15, 0.2) is 46.9 Å². The number of rotatable bonds is 11. The van der Waals surface area contributed by atoms with Gasteiger partial charge in [-0.25, -0.2) is 0 Å². The molecule has 178 valence electrons. The second-order valence-corrected chi connectivity index (χ2v) is 8.44. The minimum Gasteiger partial charge on any atom is -0.490 e. The molecule has 2 amide bonds. The first-order chi connectivity index (χ1) is 15.7. The maximum absolute atomic E-state index is 13.1. The van der Waals surface area contributed by atoms with Gasteiger partial charge in [-0.05, 0) is 44.0 Å². The molecule has 0 fully saturated rings. The number of carbonyl (C=O) groups is 2. The molecule has 9 nitrogen and oxygen atoms in total. The molecule has 2 rings (SSSR count). The third-order valence-electron chi connectivity index (χ3n) is 5.14. The molecule has 2 unspecified atom stereocenters. The summed E-state index contributed by atoms with van der Waals surface area (Å²) in [5, 5.41) is 14.0. The standard InChI is InChI=1S/C23H28BrN3O6/c1-5-15(2)25-23(29)16(3)26(13-17-6-8-18(24)9-7-17)22(28)14-33-19-10-11-20(27(30)31)21(12-19)32-4/h6-12,15-16H,5,13-14H2,1-4H3,(H,25,29). The van der Waals surface area contributed by atoms with Crippen LogP contribution in [0.3, 0.4) is 0 Å². The molecule has 0 spiro atoms. The van der Waals surface area contributed by atoms with Crippen LogP contribution in [0.2, 0.25) is 0 Å². The Morgan fingerprint density at radius 1 is 1.18 bits per heavy atom. The topological polar surface area (TPSA) is 111 Å². The van der Waals surface area contributed by atoms with Gasteiger partial charge in [0.2, 0.25) is 11.7 Å². The Labute approximate surface area is 201 Å². The van der Waals surface area contributed by atoms with Gasteiger partial charge in [-0.2, -0.15) is 0 Å². The highest BCUT2D eigenvalue weighted by Gasteiger charge is 2.27. The van der Waals surface area contributed by atoms with Gasteiger partial charge in [0.25, 0.3) is 5.91 Å². The summed E-state index contributed by atoms with van der Waals surface area (Å²) in [5.41, 5.74) is 0.648. The van der Waals surface area contributed by atoms with Crippen LogP contribution in [0.1, 0.15) is 32.8 Å². The third-order valence-corrected chi connectivity index (χ3v) is 5.67. The van der Waals surface area contributed by atoms with E-state index in [1.54, 1.807) is 6.92 Å². The van der Waals surface area contributed by atoms with E-state index in [-0.39, 0.29) is 42.3 Å². The molecule has 0 saturated carbocycles. The van der Waals surface area contributed by atoms with Crippen molar-refractivity contribution in [2.24, 2.45) is 0 Å². The van der Waals surface area contributed by atoms with E-state index in [2.05, 4.69) is 21.2 Å². The molecule has 0 aliphatic carbocycles. The van der Waals surface area contributed by atoms with Gasteiger partial charge in [0.05, 0.1) is 12.0 Å². The second-order valence-electron chi connectivity index (χ2n) is 7.52. The Hall–Kier alpha value is -3.14. The molecular weight excluding hydrogens is 494 g/mol. The molecule has 0 aliphatic rings. The number of ether oxygens (including phenoxy) is 2. The lowest BCUT2D eigenvalue weighted by Gasteiger charge is -2.29. The van der Waals surface area contributed by atoms with E-state index in [0.717, 1.165) is 16.5 Å². The van der Waals surface area contributed by atoms with Gasteiger partial charge in [-0.3, -0.25) is 19.7 Å². The molecule has 10 heteroatoms. The van der Waals surface area contributed by atoms with Crippen molar-refractivity contribution in [1.29, 1.82) is 0 Å². The number of nitrogens with one attached hydrogen (secondary N) is 1. The zero-order valence-corrected chi connectivity index (χ0v) is 20.6. The fourth-order valence-electron chi connectivity index (χ4n) is 2.96. The predicted molar refractivity (Wildman–Crippen MR) is 127 cm³/mol. The summed E-state index contributed by atoms with van der Waals surface area (Å²) in [5.74, 6) is -0.391. The average molecular weight is 522 g/mol. The summed E-state index contributed by atoms with van der Waals surface area (Å²) in [6, 6.07) is 10.7. The van der Waals surface area contributed by atoms with Crippen LogP contribution in [-0.2, 0) is 16.1 Å². The lowest BCUT2D eigenvalue weighted by molar-refractivity contribution is -0.385. The Balaban J connectivity index is 2.19. The van der Waals surface area contributed by atoms with Crippen LogP contribution >= 0.6 is 15.9 Å². The molecule has 33 heavy (non-hydrogen) atoms. The van der Waals surface area contributed by atoms with Gasteiger partial charge in [-0.15, -0.1) is 0 Å². The average Bonchev–Trinajstić information content (AvgIpc) is 2.81. The molecular formula is C23H28BrN3O6. The Kier molecular flexibility index (Phi) is 9.65. The molecule has 2 aromatic rings. The van der Waals surface area contributed by atoms with Gasteiger partial charge < -0.3 is 19.7 Å². The molecule has 0 radical (unpaired) electrons. The van der Waals surface area contributed by atoms with Crippen LogP contribution in [0, 0.1) is 10.1 Å². The number of methoxy groups -OCH3 is 1. The van der Waals surface area contributed by atoms with E-state index >= 15 is 0 Å². The number of nitrogens with zero attached hydrogens (tertiary/aromatic N) is 2. The summed E-state index contributed by atoms with van der Waals surface area (Å²) < 4.78 is 11.5. The minimum absolute atomic E-state index is 0.0200. The maximum atomic E-state index is 13.1. The first-order valence-electron chi connectivity index (χ1n) is 10.5. The molecule has 1 N–H and O–H groups in total. The molecule has 0 saturated heterocycles. The highest BCUT2D eigenvalue weighted by atomic mass is 79.9. The van der Waals surface area contributed by atoms with E-state index in [0.29, 0.717) is 0 Å². The zero-order valence-electron chi connectivity index (χ0n) is 19.0. The smallest absolute Gasteiger partial charge is 0.311 e. The summed E-state index contributed by atoms with van der Waals surface area (Å²) in [6.45, 7) is 5.40. The van der Waals surface area contributed by atoms with Crippen molar-refractivity contribution < 1.29 is 24.0 Å². The van der Waals surface area contributed by atoms with Crippen LogP contribution in [0.5, 0.6) is 11.5 Å². The molecule has 0 aromatic heterocycles. The van der Waals surface area contributed by atoms with Crippen molar-refractivity contribution in [1.82, 2.24) is 10.2 Å². The molecule has 0 aliphatic heterocycles. The number of amides is 2. The highest BCUT2D eigenvalue weighted by Crippen LogP contribution is 2.30. The van der Waals surface area contributed by atoms with Crippen LogP contribution in [0.25, 0.3) is 0 Å². The van der Waals surface area contributed by atoms with Crippen LogP contribution < -0.4 is 14.8 Å². The molecule has 2 atom stereocenters. The second kappa shape index (κ2) is 12.2. The SMILES string of the molecule is CCC(C)NC(=O)C(C)N(Cc1ccc(Br)cc1)C(=O)COc1ccc([N+](=O)[O-])c(OC)c1. The van der Waals surface area contributed by atoms with E-state index in [1.807, 2.05) is 38.1 Å². The fourth-order valence-corrected chi connectivity index (χ4v) is 3.23. The largest absolute Gasteiger partial charge is 0.490 e. The van der Waals surface area contributed by atoms with Gasteiger partial charge in [0.1, 0.15) is 11.8 Å². The monoisotopic (exact) mass is 521 g/mol. The Morgan fingerprint density at radius 2 is 1.85 bits per heavy atom. The molecule has 0 heterocycles. The Bertz CT molecular complexity index is 983. The quantitative estimate of drug-likeness (QED) is 0.352. The third kappa shape index (κ3) is 7.45. The number of hydrogen-bond acceptors (Lipinski definition) is 6. The van der Waals surface area contributed by atoms with Crippen LogP contribution in [0.4, 0.5) is 5.69 Å². The maximum Gasteiger partial charge on any atom is 0.311 e. The van der Waals surface area contributed by atoms with Crippen molar-refractivity contribution in [3.8, 4) is 11.5 Å². The number of benzene rings is 2. The number of hydrogen-bond donors (Lipinski definition) is 1. The van der Waals surface area contributed by atoms with Crippen molar-refractivity contribution in [3.05, 3.63) is 62.6 Å². The van der Waals surface area contributed by atoms with Crippen molar-refractivity contribution in [2.45, 2.75) is 45.8 Å².